The van der Waals surface area contributed by atoms with Crippen LogP contribution in [0.25, 0.3) is 11.8 Å². The predicted octanol–water partition coefficient (Wildman–Crippen LogP) is -0.116. The van der Waals surface area contributed by atoms with E-state index >= 15 is 0 Å². The number of rotatable bonds is 6. The minimum atomic E-state index is -3.85. The maximum atomic E-state index is 12.5. The molecule has 1 heterocycles. The number of nitrogens with zero attached hydrogens (tertiary/aromatic N) is 2. The maximum Gasteiger partial charge on any atom is 0.351 e. The van der Waals surface area contributed by atoms with Crippen LogP contribution >= 0.6 is 11.3 Å². The van der Waals surface area contributed by atoms with E-state index < -0.39 is 21.6 Å². The van der Waals surface area contributed by atoms with Gasteiger partial charge in [0.05, 0.1) is 11.5 Å². The van der Waals surface area contributed by atoms with Gasteiger partial charge in [0.1, 0.15) is 15.3 Å². The van der Waals surface area contributed by atoms with Crippen LogP contribution in [0, 0.1) is 11.3 Å². The van der Waals surface area contributed by atoms with Crippen molar-refractivity contribution in [1.29, 1.82) is 5.26 Å². The highest BCUT2D eigenvalue weighted by atomic mass is 32.2. The third kappa shape index (κ3) is 4.45. The molecule has 0 bridgehead atoms. The molecule has 1 N–H and O–H groups in total. The number of sulfonamides is 1. The summed E-state index contributed by atoms with van der Waals surface area (Å²) < 4.78 is 33.0. The first-order valence-corrected chi connectivity index (χ1v) is 10.2. The Morgan fingerprint density at radius 2 is 2.00 bits per heavy atom. The number of nitrogens with one attached hydrogen (secondary N) is 1. The number of ether oxygens (including phenoxy) is 1. The van der Waals surface area contributed by atoms with Gasteiger partial charge in [0.2, 0.25) is 0 Å². The lowest BCUT2D eigenvalue weighted by Gasteiger charge is -2.02. The summed E-state index contributed by atoms with van der Waals surface area (Å²) in [7, 11) is -3.85. The van der Waals surface area contributed by atoms with Crippen LogP contribution in [0.15, 0.2) is 40.0 Å². The summed E-state index contributed by atoms with van der Waals surface area (Å²) in [6.07, 6.45) is 1.06. The van der Waals surface area contributed by atoms with Gasteiger partial charge in [0.15, 0.2) is 5.57 Å². The minimum absolute atomic E-state index is 0.0448. The van der Waals surface area contributed by atoms with E-state index in [9.17, 15) is 23.3 Å². The second kappa shape index (κ2) is 8.66. The molecule has 142 valence electrons. The molecule has 0 fully saturated rings. The van der Waals surface area contributed by atoms with Gasteiger partial charge in [-0.3, -0.25) is 14.1 Å². The first-order chi connectivity index (χ1) is 12.9. The fraction of sp³-hybridized carbons (Fsp3) is 0.235. The van der Waals surface area contributed by atoms with Crippen molar-refractivity contribution in [2.24, 2.45) is 0 Å². The predicted molar refractivity (Wildman–Crippen MR) is 100 cm³/mol. The summed E-state index contributed by atoms with van der Waals surface area (Å²) in [4.78, 5) is 24.5. The van der Waals surface area contributed by atoms with Gasteiger partial charge in [-0.05, 0) is 26.0 Å². The molecule has 0 saturated heterocycles. The lowest BCUT2D eigenvalue weighted by molar-refractivity contribution is -0.136. The molecule has 0 radical (unpaired) electrons. The van der Waals surface area contributed by atoms with Crippen LogP contribution in [-0.4, -0.2) is 25.6 Å². The Morgan fingerprint density at radius 3 is 2.56 bits per heavy atom. The SMILES string of the molecule is CCOC(=O)C(C#N)=c1sc(=CNS(=O)(=O)c2ccccc2)c(=O)n1CC. The summed E-state index contributed by atoms with van der Waals surface area (Å²) in [5.41, 5.74) is -0.809. The van der Waals surface area contributed by atoms with Gasteiger partial charge in [0, 0.05) is 12.7 Å². The Bertz CT molecular complexity index is 1160. The Labute approximate surface area is 159 Å². The topological polar surface area (TPSA) is 118 Å². The lowest BCUT2D eigenvalue weighted by Crippen LogP contribution is -2.33. The van der Waals surface area contributed by atoms with Gasteiger partial charge < -0.3 is 4.74 Å². The van der Waals surface area contributed by atoms with E-state index in [4.69, 9.17) is 4.74 Å². The minimum Gasteiger partial charge on any atom is -0.462 e. The molecule has 0 aliphatic carbocycles. The Balaban J connectivity index is 2.59. The highest BCUT2D eigenvalue weighted by Gasteiger charge is 2.17. The number of aromatic nitrogens is 1. The second-order valence-electron chi connectivity index (χ2n) is 5.11. The number of carbonyl (C=O) groups excluding carboxylic acids is 1. The van der Waals surface area contributed by atoms with Crippen molar-refractivity contribution in [2.45, 2.75) is 25.3 Å². The highest BCUT2D eigenvalue weighted by Crippen LogP contribution is 2.06. The molecular formula is C17H17N3O5S2. The van der Waals surface area contributed by atoms with Crippen LogP contribution in [0.4, 0.5) is 0 Å². The molecule has 0 amide bonds. The number of hydrogen-bond donors (Lipinski definition) is 1. The van der Waals surface area contributed by atoms with Crippen LogP contribution in [0.2, 0.25) is 0 Å². The van der Waals surface area contributed by atoms with Gasteiger partial charge in [0.25, 0.3) is 15.6 Å². The van der Waals surface area contributed by atoms with E-state index in [2.05, 4.69) is 4.72 Å². The molecule has 1 aromatic carbocycles. The standard InChI is InChI=1S/C17H17N3O5S2/c1-3-20-15(21)14(26-16(20)13(10-18)17(22)25-4-2)11-19-27(23,24)12-8-6-5-7-9-12/h5-9,11,19H,3-4H2,1-2H3. The zero-order valence-electron chi connectivity index (χ0n) is 14.6. The zero-order chi connectivity index (χ0) is 20.0. The molecule has 27 heavy (non-hydrogen) atoms. The third-order valence-electron chi connectivity index (χ3n) is 3.43. The van der Waals surface area contributed by atoms with Crippen molar-refractivity contribution >= 4 is 39.1 Å². The Hall–Kier alpha value is -2.90. The van der Waals surface area contributed by atoms with Crippen molar-refractivity contribution in [2.75, 3.05) is 6.61 Å². The average molecular weight is 407 g/mol. The zero-order valence-corrected chi connectivity index (χ0v) is 16.3. The number of benzene rings is 1. The lowest BCUT2D eigenvalue weighted by atomic mass is 10.3. The van der Waals surface area contributed by atoms with E-state index in [1.807, 2.05) is 0 Å². The van der Waals surface area contributed by atoms with E-state index in [-0.39, 0.29) is 32.8 Å². The van der Waals surface area contributed by atoms with Crippen molar-refractivity contribution in [1.82, 2.24) is 9.29 Å². The molecule has 2 aromatic rings. The Morgan fingerprint density at radius 1 is 1.33 bits per heavy atom. The van der Waals surface area contributed by atoms with Gasteiger partial charge in [-0.25, -0.2) is 13.2 Å². The molecule has 0 atom stereocenters. The molecule has 10 heteroatoms. The monoisotopic (exact) mass is 407 g/mol. The first kappa shape index (κ1) is 20.4. The number of carbonyl (C=O) groups is 1. The van der Waals surface area contributed by atoms with Crippen LogP contribution in [0.5, 0.6) is 0 Å². The van der Waals surface area contributed by atoms with E-state index in [1.54, 1.807) is 38.1 Å². The summed E-state index contributed by atoms with van der Waals surface area (Å²) in [6, 6.07) is 9.44. The molecule has 1 aromatic heterocycles. The summed E-state index contributed by atoms with van der Waals surface area (Å²) in [6.45, 7) is 3.57. The molecular weight excluding hydrogens is 390 g/mol. The van der Waals surface area contributed by atoms with E-state index in [0.29, 0.717) is 0 Å². The van der Waals surface area contributed by atoms with Gasteiger partial charge in [-0.2, -0.15) is 5.26 Å². The largest absolute Gasteiger partial charge is 0.462 e. The first-order valence-electron chi connectivity index (χ1n) is 7.94. The quantitative estimate of drug-likeness (QED) is 0.667. The fourth-order valence-electron chi connectivity index (χ4n) is 2.18. The Kier molecular flexibility index (Phi) is 6.55. The number of hydrogen-bond acceptors (Lipinski definition) is 7. The van der Waals surface area contributed by atoms with Gasteiger partial charge in [-0.15, -0.1) is 11.3 Å². The van der Waals surface area contributed by atoms with E-state index in [1.165, 1.54) is 16.7 Å². The van der Waals surface area contributed by atoms with Crippen LogP contribution < -0.4 is 19.5 Å². The average Bonchev–Trinajstić information content (AvgIpc) is 2.97. The molecule has 0 unspecified atom stereocenters. The number of nitriles is 1. The smallest absolute Gasteiger partial charge is 0.351 e. The number of esters is 1. The normalized spacial score (nSPS) is 13.0. The third-order valence-corrected chi connectivity index (χ3v) is 5.88. The van der Waals surface area contributed by atoms with Crippen molar-refractivity contribution in [3.8, 4) is 6.07 Å². The molecule has 2 rings (SSSR count). The summed E-state index contributed by atoms with van der Waals surface area (Å²) in [5, 5.41) is 9.29. The van der Waals surface area contributed by atoms with Crippen LogP contribution in [0.1, 0.15) is 13.8 Å². The maximum absolute atomic E-state index is 12.5. The molecule has 0 spiro atoms. The van der Waals surface area contributed by atoms with Crippen molar-refractivity contribution < 1.29 is 17.9 Å². The molecule has 8 nitrogen and oxygen atoms in total. The number of thiazole rings is 1. The molecule has 0 aliphatic rings. The van der Waals surface area contributed by atoms with E-state index in [0.717, 1.165) is 17.5 Å². The summed E-state index contributed by atoms with van der Waals surface area (Å²) in [5.74, 6) is -0.833. The van der Waals surface area contributed by atoms with Gasteiger partial charge in [-0.1, -0.05) is 18.2 Å². The van der Waals surface area contributed by atoms with Gasteiger partial charge >= 0.3 is 5.97 Å². The fourth-order valence-corrected chi connectivity index (χ4v) is 4.25. The second-order valence-corrected chi connectivity index (χ2v) is 7.85. The van der Waals surface area contributed by atoms with Crippen molar-refractivity contribution in [3.05, 3.63) is 49.9 Å². The van der Waals surface area contributed by atoms with Crippen LogP contribution in [0.3, 0.4) is 0 Å². The van der Waals surface area contributed by atoms with Crippen LogP contribution in [-0.2, 0) is 26.1 Å². The molecule has 0 aliphatic heterocycles. The highest BCUT2D eigenvalue weighted by molar-refractivity contribution is 7.89. The molecule has 0 saturated carbocycles. The van der Waals surface area contributed by atoms with Crippen molar-refractivity contribution in [3.63, 3.8) is 0 Å². The summed E-state index contributed by atoms with van der Waals surface area (Å²) >= 11 is 0.841.